The van der Waals surface area contributed by atoms with Crippen molar-refractivity contribution in [2.45, 2.75) is 6.92 Å². The number of carboxylic acids is 1. The standard InChI is InChI=1S/C19H17NO3/c1-2-23-18-8-6-17(7-9-18)20-11-10-16(13-20)14-4-3-5-15(12-14)19(21)22/h3-13H,2H2,1H3,(H,21,22). The van der Waals surface area contributed by atoms with E-state index < -0.39 is 5.97 Å². The van der Waals surface area contributed by atoms with Crippen LogP contribution in [0.2, 0.25) is 0 Å². The molecule has 0 spiro atoms. The number of aromatic nitrogens is 1. The first-order valence-electron chi connectivity index (χ1n) is 7.42. The van der Waals surface area contributed by atoms with Crippen molar-refractivity contribution in [3.05, 3.63) is 72.6 Å². The van der Waals surface area contributed by atoms with Gasteiger partial charge in [0.25, 0.3) is 0 Å². The van der Waals surface area contributed by atoms with Gasteiger partial charge in [-0.1, -0.05) is 12.1 Å². The Balaban J connectivity index is 1.88. The molecule has 1 N–H and O–H groups in total. The van der Waals surface area contributed by atoms with E-state index in [1.54, 1.807) is 18.2 Å². The lowest BCUT2D eigenvalue weighted by atomic mass is 10.1. The number of hydrogen-bond acceptors (Lipinski definition) is 2. The second-order valence-corrected chi connectivity index (χ2v) is 5.12. The molecule has 0 aliphatic rings. The Kier molecular flexibility index (Phi) is 4.15. The third-order valence-corrected chi connectivity index (χ3v) is 3.58. The minimum Gasteiger partial charge on any atom is -0.494 e. The molecule has 1 aromatic heterocycles. The molecule has 116 valence electrons. The third kappa shape index (κ3) is 3.26. The number of ether oxygens (including phenoxy) is 1. The first kappa shape index (κ1) is 14.9. The van der Waals surface area contributed by atoms with E-state index in [0.29, 0.717) is 6.61 Å². The van der Waals surface area contributed by atoms with E-state index in [9.17, 15) is 4.79 Å². The fraction of sp³-hybridized carbons (Fsp3) is 0.105. The maximum absolute atomic E-state index is 11.1. The van der Waals surface area contributed by atoms with E-state index in [0.717, 1.165) is 22.6 Å². The molecule has 0 radical (unpaired) electrons. The second-order valence-electron chi connectivity index (χ2n) is 5.12. The summed E-state index contributed by atoms with van der Waals surface area (Å²) in [7, 11) is 0. The van der Waals surface area contributed by atoms with Gasteiger partial charge in [-0.3, -0.25) is 0 Å². The molecular formula is C19H17NO3. The Hall–Kier alpha value is -3.01. The largest absolute Gasteiger partial charge is 0.494 e. The van der Waals surface area contributed by atoms with E-state index in [-0.39, 0.29) is 5.56 Å². The summed E-state index contributed by atoms with van der Waals surface area (Å²) < 4.78 is 7.44. The van der Waals surface area contributed by atoms with Crippen molar-refractivity contribution >= 4 is 5.97 Å². The van der Waals surface area contributed by atoms with Gasteiger partial charge < -0.3 is 14.4 Å². The highest BCUT2D eigenvalue weighted by Gasteiger charge is 2.06. The van der Waals surface area contributed by atoms with Gasteiger partial charge in [-0.15, -0.1) is 0 Å². The van der Waals surface area contributed by atoms with Crippen LogP contribution in [0, 0.1) is 0 Å². The SMILES string of the molecule is CCOc1ccc(-n2ccc(-c3cccc(C(=O)O)c3)c2)cc1. The maximum Gasteiger partial charge on any atom is 0.335 e. The van der Waals surface area contributed by atoms with Crippen molar-refractivity contribution in [2.24, 2.45) is 0 Å². The molecular weight excluding hydrogens is 290 g/mol. The third-order valence-electron chi connectivity index (χ3n) is 3.58. The van der Waals surface area contributed by atoms with Crippen LogP contribution in [0.3, 0.4) is 0 Å². The van der Waals surface area contributed by atoms with Crippen LogP contribution in [0.1, 0.15) is 17.3 Å². The molecule has 0 saturated heterocycles. The minimum atomic E-state index is -0.919. The molecule has 0 aliphatic heterocycles. The summed E-state index contributed by atoms with van der Waals surface area (Å²) >= 11 is 0. The number of benzene rings is 2. The molecule has 0 amide bonds. The van der Waals surface area contributed by atoms with Gasteiger partial charge in [-0.05, 0) is 60.5 Å². The predicted octanol–water partition coefficient (Wildman–Crippen LogP) is 4.24. The summed E-state index contributed by atoms with van der Waals surface area (Å²) in [5.74, 6) is -0.0735. The van der Waals surface area contributed by atoms with Gasteiger partial charge in [0.05, 0.1) is 12.2 Å². The molecule has 3 aromatic rings. The van der Waals surface area contributed by atoms with Crippen molar-refractivity contribution in [1.29, 1.82) is 0 Å². The van der Waals surface area contributed by atoms with E-state index in [1.165, 1.54) is 0 Å². The smallest absolute Gasteiger partial charge is 0.335 e. The lowest BCUT2D eigenvalue weighted by molar-refractivity contribution is 0.0697. The number of nitrogens with zero attached hydrogens (tertiary/aromatic N) is 1. The molecule has 0 aliphatic carbocycles. The average molecular weight is 307 g/mol. The molecule has 0 bridgehead atoms. The van der Waals surface area contributed by atoms with Crippen LogP contribution in [-0.4, -0.2) is 22.2 Å². The molecule has 4 nitrogen and oxygen atoms in total. The zero-order valence-electron chi connectivity index (χ0n) is 12.8. The zero-order valence-corrected chi connectivity index (χ0v) is 12.8. The summed E-state index contributed by atoms with van der Waals surface area (Å²) in [5.41, 5.74) is 3.17. The highest BCUT2D eigenvalue weighted by Crippen LogP contribution is 2.23. The van der Waals surface area contributed by atoms with Crippen molar-refractivity contribution in [1.82, 2.24) is 4.57 Å². The van der Waals surface area contributed by atoms with Crippen LogP contribution < -0.4 is 4.74 Å². The predicted molar refractivity (Wildman–Crippen MR) is 89.3 cm³/mol. The van der Waals surface area contributed by atoms with Crippen molar-refractivity contribution in [3.8, 4) is 22.6 Å². The van der Waals surface area contributed by atoms with Gasteiger partial charge in [0.15, 0.2) is 0 Å². The molecule has 3 rings (SSSR count). The number of hydrogen-bond donors (Lipinski definition) is 1. The lowest BCUT2D eigenvalue weighted by Crippen LogP contribution is -1.95. The van der Waals surface area contributed by atoms with Gasteiger partial charge >= 0.3 is 5.97 Å². The van der Waals surface area contributed by atoms with E-state index in [2.05, 4.69) is 0 Å². The van der Waals surface area contributed by atoms with E-state index >= 15 is 0 Å². The zero-order chi connectivity index (χ0) is 16.2. The maximum atomic E-state index is 11.1. The first-order chi connectivity index (χ1) is 11.2. The Morgan fingerprint density at radius 2 is 1.87 bits per heavy atom. The molecule has 0 fully saturated rings. The summed E-state index contributed by atoms with van der Waals surface area (Å²) in [6.07, 6.45) is 3.94. The summed E-state index contributed by atoms with van der Waals surface area (Å²) in [4.78, 5) is 11.1. The Morgan fingerprint density at radius 1 is 1.09 bits per heavy atom. The Bertz CT molecular complexity index is 819. The van der Waals surface area contributed by atoms with E-state index in [4.69, 9.17) is 9.84 Å². The van der Waals surface area contributed by atoms with Gasteiger partial charge in [0, 0.05) is 18.1 Å². The molecule has 0 atom stereocenters. The van der Waals surface area contributed by atoms with Gasteiger partial charge in [-0.2, -0.15) is 0 Å². The van der Waals surface area contributed by atoms with Crippen LogP contribution in [-0.2, 0) is 0 Å². The summed E-state index contributed by atoms with van der Waals surface area (Å²) in [5, 5.41) is 9.09. The van der Waals surface area contributed by atoms with Crippen LogP contribution in [0.5, 0.6) is 5.75 Å². The topological polar surface area (TPSA) is 51.5 Å². The van der Waals surface area contributed by atoms with Crippen LogP contribution in [0.4, 0.5) is 0 Å². The van der Waals surface area contributed by atoms with Gasteiger partial charge in [-0.25, -0.2) is 4.79 Å². The monoisotopic (exact) mass is 307 g/mol. The van der Waals surface area contributed by atoms with E-state index in [1.807, 2.05) is 60.3 Å². The Labute approximate surface area is 134 Å². The molecule has 23 heavy (non-hydrogen) atoms. The lowest BCUT2D eigenvalue weighted by Gasteiger charge is -2.06. The minimum absolute atomic E-state index is 0.288. The quantitative estimate of drug-likeness (QED) is 0.767. The second kappa shape index (κ2) is 6.40. The van der Waals surface area contributed by atoms with Crippen molar-refractivity contribution in [3.63, 3.8) is 0 Å². The molecule has 0 unspecified atom stereocenters. The normalized spacial score (nSPS) is 10.5. The number of aromatic carboxylic acids is 1. The van der Waals surface area contributed by atoms with Crippen molar-refractivity contribution in [2.75, 3.05) is 6.61 Å². The number of carbonyl (C=O) groups is 1. The summed E-state index contributed by atoms with van der Waals surface area (Å²) in [6.45, 7) is 2.60. The number of carboxylic acid groups (broad SMARTS) is 1. The van der Waals surface area contributed by atoms with Crippen LogP contribution >= 0.6 is 0 Å². The fourth-order valence-electron chi connectivity index (χ4n) is 2.44. The van der Waals surface area contributed by atoms with Gasteiger partial charge in [0.2, 0.25) is 0 Å². The highest BCUT2D eigenvalue weighted by atomic mass is 16.5. The van der Waals surface area contributed by atoms with Crippen LogP contribution in [0.25, 0.3) is 16.8 Å². The molecule has 2 aromatic carbocycles. The average Bonchev–Trinajstić information content (AvgIpc) is 3.06. The summed E-state index contributed by atoms with van der Waals surface area (Å²) in [6, 6.07) is 16.8. The highest BCUT2D eigenvalue weighted by molar-refractivity contribution is 5.89. The molecule has 1 heterocycles. The first-order valence-corrected chi connectivity index (χ1v) is 7.42. The van der Waals surface area contributed by atoms with Crippen molar-refractivity contribution < 1.29 is 14.6 Å². The number of rotatable bonds is 5. The van der Waals surface area contributed by atoms with Gasteiger partial charge in [0.1, 0.15) is 5.75 Å². The Morgan fingerprint density at radius 3 is 2.57 bits per heavy atom. The molecule has 4 heteroatoms. The van der Waals surface area contributed by atoms with Crippen LogP contribution in [0.15, 0.2) is 67.0 Å². The fourth-order valence-corrected chi connectivity index (χ4v) is 2.44. The molecule has 0 saturated carbocycles.